The molecule has 0 aliphatic carbocycles. The fourth-order valence-corrected chi connectivity index (χ4v) is 5.29. The topological polar surface area (TPSA) is 67.9 Å². The van der Waals surface area contributed by atoms with Crippen molar-refractivity contribution in [1.29, 1.82) is 0 Å². The van der Waals surface area contributed by atoms with Crippen LogP contribution in [0, 0.1) is 0 Å². The summed E-state index contributed by atoms with van der Waals surface area (Å²) in [7, 11) is -2.15. The Morgan fingerprint density at radius 2 is 1.70 bits per heavy atom. The summed E-state index contributed by atoms with van der Waals surface area (Å²) >= 11 is 0. The quantitative estimate of drug-likeness (QED) is 0.635. The van der Waals surface area contributed by atoms with E-state index in [0.29, 0.717) is 23.8 Å². The number of anilines is 1. The zero-order chi connectivity index (χ0) is 21.1. The summed E-state index contributed by atoms with van der Waals surface area (Å²) in [5.74, 6) is 1.18. The van der Waals surface area contributed by atoms with E-state index in [4.69, 9.17) is 9.47 Å². The molecule has 1 aliphatic heterocycles. The summed E-state index contributed by atoms with van der Waals surface area (Å²) in [6, 6.07) is 22.0. The number of sulfonamides is 1. The first-order valence-corrected chi connectivity index (χ1v) is 11.2. The molecule has 4 rings (SSSR count). The Labute approximate surface area is 177 Å². The highest BCUT2D eigenvalue weighted by Gasteiger charge is 2.39. The molecular formula is C23H24N2O4S. The molecule has 0 saturated carbocycles. The lowest BCUT2D eigenvalue weighted by Gasteiger charge is -2.37. The van der Waals surface area contributed by atoms with Crippen LogP contribution >= 0.6 is 0 Å². The first-order chi connectivity index (χ1) is 14.5. The van der Waals surface area contributed by atoms with E-state index in [-0.39, 0.29) is 11.4 Å². The molecule has 0 saturated heterocycles. The Bertz CT molecular complexity index is 1130. The maximum Gasteiger partial charge on any atom is 0.247 e. The zero-order valence-electron chi connectivity index (χ0n) is 16.9. The molecule has 7 heteroatoms. The smallest absolute Gasteiger partial charge is 0.247 e. The summed E-state index contributed by atoms with van der Waals surface area (Å²) in [4.78, 5) is 0.273. The number of hydrogen-bond donors (Lipinski definition) is 1. The monoisotopic (exact) mass is 424 g/mol. The largest absolute Gasteiger partial charge is 0.493 e. The summed E-state index contributed by atoms with van der Waals surface area (Å²) < 4.78 is 39.7. The van der Waals surface area contributed by atoms with Crippen LogP contribution in [0.5, 0.6) is 11.5 Å². The Morgan fingerprint density at radius 1 is 0.967 bits per heavy atom. The molecule has 156 valence electrons. The molecule has 3 aromatic rings. The highest BCUT2D eigenvalue weighted by atomic mass is 32.2. The van der Waals surface area contributed by atoms with E-state index in [1.54, 1.807) is 25.3 Å². The number of methoxy groups -OCH3 is 1. The van der Waals surface area contributed by atoms with Gasteiger partial charge in [0.2, 0.25) is 10.0 Å². The van der Waals surface area contributed by atoms with Crippen LogP contribution < -0.4 is 14.8 Å². The van der Waals surface area contributed by atoms with E-state index in [1.807, 2.05) is 61.5 Å². The van der Waals surface area contributed by atoms with Crippen molar-refractivity contribution in [2.45, 2.75) is 24.5 Å². The minimum atomic E-state index is -3.72. The number of benzene rings is 3. The van der Waals surface area contributed by atoms with Crippen LogP contribution in [-0.4, -0.2) is 26.4 Å². The van der Waals surface area contributed by atoms with Gasteiger partial charge < -0.3 is 14.8 Å². The van der Waals surface area contributed by atoms with Gasteiger partial charge >= 0.3 is 0 Å². The summed E-state index contributed by atoms with van der Waals surface area (Å²) in [5, 5.41) is 3.39. The van der Waals surface area contributed by atoms with E-state index in [0.717, 1.165) is 11.1 Å². The van der Waals surface area contributed by atoms with Crippen LogP contribution in [0.2, 0.25) is 0 Å². The van der Waals surface area contributed by atoms with Crippen molar-refractivity contribution in [1.82, 2.24) is 4.31 Å². The third kappa shape index (κ3) is 3.74. The maximum absolute atomic E-state index is 13.5. The van der Waals surface area contributed by atoms with Crippen molar-refractivity contribution in [2.24, 2.45) is 0 Å². The highest BCUT2D eigenvalue weighted by molar-refractivity contribution is 7.89. The fraction of sp³-hybridized carbons (Fsp3) is 0.217. The molecule has 0 amide bonds. The van der Waals surface area contributed by atoms with Crippen molar-refractivity contribution >= 4 is 15.7 Å². The van der Waals surface area contributed by atoms with Gasteiger partial charge in [0.25, 0.3) is 0 Å². The third-order valence-electron chi connectivity index (χ3n) is 5.04. The number of hydrogen-bond acceptors (Lipinski definition) is 5. The Hall–Kier alpha value is -3.03. The summed E-state index contributed by atoms with van der Waals surface area (Å²) in [6.07, 6.45) is -0.588. The predicted molar refractivity (Wildman–Crippen MR) is 116 cm³/mol. The lowest BCUT2D eigenvalue weighted by atomic mass is 10.1. The molecule has 1 N–H and O–H groups in total. The Balaban J connectivity index is 1.81. The molecule has 0 fully saturated rings. The molecule has 0 unspecified atom stereocenters. The van der Waals surface area contributed by atoms with E-state index >= 15 is 0 Å². The second-order valence-corrected chi connectivity index (χ2v) is 8.78. The van der Waals surface area contributed by atoms with Crippen molar-refractivity contribution in [2.75, 3.05) is 19.0 Å². The van der Waals surface area contributed by atoms with Crippen LogP contribution in [0.4, 0.5) is 5.69 Å². The first kappa shape index (κ1) is 20.3. The molecule has 1 aliphatic rings. The second-order valence-electron chi connectivity index (χ2n) is 6.92. The number of ether oxygens (including phenoxy) is 2. The standard InChI is InChI=1S/C23H24N2O4S/c1-3-29-20-14-13-18(15-21(20)28-2)23-24-19-11-7-8-12-22(19)30(26,27)25(23)16-17-9-5-4-6-10-17/h4-15,23-24H,3,16H2,1-2H3/t23-/m1/s1. The molecule has 6 nitrogen and oxygen atoms in total. The minimum absolute atomic E-state index is 0.241. The van der Waals surface area contributed by atoms with Crippen molar-refractivity contribution in [3.63, 3.8) is 0 Å². The van der Waals surface area contributed by atoms with Gasteiger partial charge in [-0.25, -0.2) is 8.42 Å². The molecule has 0 aromatic heterocycles. The fourth-order valence-electron chi connectivity index (χ4n) is 3.61. The number of rotatable bonds is 6. The highest BCUT2D eigenvalue weighted by Crippen LogP contribution is 2.41. The number of nitrogens with one attached hydrogen (secondary N) is 1. The molecule has 3 aromatic carbocycles. The third-order valence-corrected chi connectivity index (χ3v) is 6.91. The lowest BCUT2D eigenvalue weighted by Crippen LogP contribution is -2.42. The normalized spacial score (nSPS) is 17.6. The van der Waals surface area contributed by atoms with Crippen molar-refractivity contribution in [3.05, 3.63) is 83.9 Å². The second kappa shape index (κ2) is 8.38. The molecule has 1 atom stereocenters. The molecule has 30 heavy (non-hydrogen) atoms. The van der Waals surface area contributed by atoms with Gasteiger partial charge in [0.15, 0.2) is 11.5 Å². The number of fused-ring (bicyclic) bond motifs is 1. The zero-order valence-corrected chi connectivity index (χ0v) is 17.7. The van der Waals surface area contributed by atoms with Crippen LogP contribution in [0.3, 0.4) is 0 Å². The average molecular weight is 425 g/mol. The van der Waals surface area contributed by atoms with E-state index in [1.165, 1.54) is 4.31 Å². The molecule has 0 bridgehead atoms. The molecule has 0 radical (unpaired) electrons. The van der Waals surface area contributed by atoms with Gasteiger partial charge in [-0.15, -0.1) is 0 Å². The van der Waals surface area contributed by atoms with Crippen molar-refractivity contribution < 1.29 is 17.9 Å². The van der Waals surface area contributed by atoms with Gasteiger partial charge in [0.05, 0.1) is 19.4 Å². The average Bonchev–Trinajstić information content (AvgIpc) is 2.77. The van der Waals surface area contributed by atoms with E-state index < -0.39 is 16.2 Å². The number of para-hydroxylation sites is 1. The lowest BCUT2D eigenvalue weighted by molar-refractivity contribution is 0.307. The molecule has 0 spiro atoms. The minimum Gasteiger partial charge on any atom is -0.493 e. The Morgan fingerprint density at radius 3 is 2.43 bits per heavy atom. The van der Waals surface area contributed by atoms with Gasteiger partial charge in [-0.1, -0.05) is 48.5 Å². The van der Waals surface area contributed by atoms with Crippen LogP contribution in [0.1, 0.15) is 24.2 Å². The SMILES string of the molecule is CCOc1ccc([C@@H]2Nc3ccccc3S(=O)(=O)N2Cc2ccccc2)cc1OC. The van der Waals surface area contributed by atoms with Gasteiger partial charge in [-0.3, -0.25) is 0 Å². The predicted octanol–water partition coefficient (Wildman–Crippen LogP) is 4.41. The maximum atomic E-state index is 13.5. The first-order valence-electron chi connectivity index (χ1n) is 9.76. The summed E-state index contributed by atoms with van der Waals surface area (Å²) in [5.41, 5.74) is 2.26. The molecular weight excluding hydrogens is 400 g/mol. The van der Waals surface area contributed by atoms with E-state index in [2.05, 4.69) is 5.32 Å². The van der Waals surface area contributed by atoms with Crippen molar-refractivity contribution in [3.8, 4) is 11.5 Å². The molecule has 1 heterocycles. The van der Waals surface area contributed by atoms with E-state index in [9.17, 15) is 8.42 Å². The van der Waals surface area contributed by atoms with Crippen LogP contribution in [-0.2, 0) is 16.6 Å². The van der Waals surface area contributed by atoms with Gasteiger partial charge in [0.1, 0.15) is 11.1 Å². The van der Waals surface area contributed by atoms with Crippen LogP contribution in [0.15, 0.2) is 77.7 Å². The van der Waals surface area contributed by atoms with Crippen LogP contribution in [0.25, 0.3) is 0 Å². The van der Waals surface area contributed by atoms with Gasteiger partial charge in [-0.05, 0) is 42.3 Å². The van der Waals surface area contributed by atoms with Gasteiger partial charge in [-0.2, -0.15) is 4.31 Å². The summed E-state index contributed by atoms with van der Waals surface area (Å²) in [6.45, 7) is 2.66. The Kier molecular flexibility index (Phi) is 5.65. The number of nitrogens with zero attached hydrogens (tertiary/aromatic N) is 1. The van der Waals surface area contributed by atoms with Gasteiger partial charge in [0, 0.05) is 6.54 Å².